The molecule has 40 heavy (non-hydrogen) atoms. The van der Waals surface area contributed by atoms with Crippen molar-refractivity contribution >= 4 is 43.1 Å². The number of imidazole rings is 1. The first kappa shape index (κ1) is 32.7. The molecule has 0 fully saturated rings. The van der Waals surface area contributed by atoms with Gasteiger partial charge in [-0.3, -0.25) is 0 Å². The fraction of sp³-hybridized carbons (Fsp3) is 0.483. The first-order valence-corrected chi connectivity index (χ1v) is 19.6. The summed E-state index contributed by atoms with van der Waals surface area (Å²) in [6.45, 7) is 11.0. The molecule has 0 bridgehead atoms. The summed E-state index contributed by atoms with van der Waals surface area (Å²) < 4.78 is 36.6. The van der Waals surface area contributed by atoms with Gasteiger partial charge in [-0.2, -0.15) is 0 Å². The number of hydrogen-bond acceptors (Lipinski definition) is 6. The Labute approximate surface area is 246 Å². The Morgan fingerprint density at radius 3 is 2.15 bits per heavy atom. The number of aliphatic hydroxyl groups excluding tert-OH is 2. The van der Waals surface area contributed by atoms with E-state index in [1.165, 1.54) is 24.3 Å². The van der Waals surface area contributed by atoms with E-state index in [1.54, 1.807) is 0 Å². The molecule has 2 aromatic carbocycles. The molecule has 8 nitrogen and oxygen atoms in total. The van der Waals surface area contributed by atoms with Gasteiger partial charge in [0, 0.05) is 0 Å². The van der Waals surface area contributed by atoms with E-state index >= 15 is 0 Å². The van der Waals surface area contributed by atoms with Crippen molar-refractivity contribution in [3.8, 4) is 0 Å². The van der Waals surface area contributed by atoms with Gasteiger partial charge >= 0.3 is 248 Å². The van der Waals surface area contributed by atoms with Crippen molar-refractivity contribution in [3.05, 3.63) is 78.1 Å². The number of ether oxygens (including phenoxy) is 1. The number of aliphatic hydroxyl groups is 2. The second-order valence-electron chi connectivity index (χ2n) is 11.7. The van der Waals surface area contributed by atoms with Crippen LogP contribution in [0, 0.1) is 0 Å². The zero-order valence-electron chi connectivity index (χ0n) is 24.5. The summed E-state index contributed by atoms with van der Waals surface area (Å²) in [7, 11) is -3.43. The summed E-state index contributed by atoms with van der Waals surface area (Å²) in [6.07, 6.45) is -0.248. The van der Waals surface area contributed by atoms with E-state index in [4.69, 9.17) is 4.74 Å². The second-order valence-corrected chi connectivity index (χ2v) is 21.7. The third-order valence-electron chi connectivity index (χ3n) is 7.48. The van der Waals surface area contributed by atoms with Crippen molar-refractivity contribution in [2.24, 2.45) is 0 Å². The Balaban J connectivity index is 1.97. The standard InChI is InChI=1S/C29H43N3O5SSeSi/c1-29(2,3)40(6,7)28-30-19-25(32(28)38(35,36)31(4)5)27(34)26(39-24-16-12-9-13-17-24)18-23(33)21-37-20-22-14-10-8-11-15-22/h8-17,19,23,26-27,33-34H,18,20-21H2,1-7H3/t23-,26+,27-/m1/s1. The maximum atomic E-state index is 13.7. The van der Waals surface area contributed by atoms with Gasteiger partial charge in [-0.05, 0) is 0 Å². The molecular weight excluding hydrogens is 609 g/mol. The fourth-order valence-corrected chi connectivity index (χ4v) is 10.4. The average Bonchev–Trinajstić information content (AvgIpc) is 3.35. The van der Waals surface area contributed by atoms with Gasteiger partial charge in [0.2, 0.25) is 0 Å². The van der Waals surface area contributed by atoms with E-state index in [2.05, 4.69) is 38.8 Å². The van der Waals surface area contributed by atoms with E-state index < -0.39 is 35.3 Å². The molecule has 0 radical (unpaired) electrons. The van der Waals surface area contributed by atoms with Crippen molar-refractivity contribution in [1.29, 1.82) is 0 Å². The Morgan fingerprint density at radius 1 is 1.02 bits per heavy atom. The predicted octanol–water partition coefficient (Wildman–Crippen LogP) is 3.07. The van der Waals surface area contributed by atoms with Gasteiger partial charge in [0.05, 0.1) is 0 Å². The Hall–Kier alpha value is -1.82. The van der Waals surface area contributed by atoms with Crippen molar-refractivity contribution in [3.63, 3.8) is 0 Å². The van der Waals surface area contributed by atoms with Crippen molar-refractivity contribution in [2.45, 2.75) is 69.0 Å². The normalized spacial score (nSPS) is 15.2. The second kappa shape index (κ2) is 13.4. The van der Waals surface area contributed by atoms with Crippen molar-refractivity contribution in [1.82, 2.24) is 13.3 Å². The van der Waals surface area contributed by atoms with E-state index in [9.17, 15) is 18.6 Å². The molecule has 11 heteroatoms. The molecule has 3 aromatic rings. The molecule has 0 unspecified atom stereocenters. The van der Waals surface area contributed by atoms with E-state index in [0.717, 1.165) is 14.3 Å². The van der Waals surface area contributed by atoms with Crippen LogP contribution in [0.2, 0.25) is 22.9 Å². The molecule has 3 rings (SSSR count). The Morgan fingerprint density at radius 2 is 1.60 bits per heavy atom. The van der Waals surface area contributed by atoms with Crippen molar-refractivity contribution < 1.29 is 23.4 Å². The van der Waals surface area contributed by atoms with Gasteiger partial charge < -0.3 is 0 Å². The molecule has 220 valence electrons. The van der Waals surface area contributed by atoms with E-state index in [0.29, 0.717) is 12.1 Å². The van der Waals surface area contributed by atoms with Gasteiger partial charge in [0.25, 0.3) is 0 Å². The van der Waals surface area contributed by atoms with Crippen LogP contribution in [0.15, 0.2) is 66.9 Å². The van der Waals surface area contributed by atoms with Gasteiger partial charge in [-0.25, -0.2) is 0 Å². The monoisotopic (exact) mass is 653 g/mol. The van der Waals surface area contributed by atoms with Gasteiger partial charge in [0.15, 0.2) is 0 Å². The minimum atomic E-state index is -3.98. The van der Waals surface area contributed by atoms with E-state index in [-0.39, 0.29) is 38.7 Å². The van der Waals surface area contributed by atoms with Crippen LogP contribution < -0.4 is 9.91 Å². The number of nitrogens with zero attached hydrogens (tertiary/aromatic N) is 3. The molecule has 3 atom stereocenters. The van der Waals surface area contributed by atoms with Crippen LogP contribution in [-0.2, 0) is 21.6 Å². The minimum absolute atomic E-state index is 0.105. The molecular formula is C29H43N3O5SSeSi. The van der Waals surface area contributed by atoms with Crippen LogP contribution >= 0.6 is 0 Å². The Kier molecular flexibility index (Phi) is 11.0. The number of benzene rings is 2. The zero-order chi connectivity index (χ0) is 29.7. The molecule has 0 amide bonds. The fourth-order valence-electron chi connectivity index (χ4n) is 4.04. The first-order chi connectivity index (χ1) is 18.7. The maximum absolute atomic E-state index is 13.7. The number of aromatic nitrogens is 2. The molecule has 0 aliphatic carbocycles. The quantitative estimate of drug-likeness (QED) is 0.275. The first-order valence-electron chi connectivity index (χ1n) is 13.4. The number of hydrogen-bond donors (Lipinski definition) is 2. The number of rotatable bonds is 13. The zero-order valence-corrected chi connectivity index (χ0v) is 28.0. The SMILES string of the molecule is CN(C)S(=O)(=O)n1c([C@@H](O)[C@H](C[C@@H](O)COCc2ccccc2)[Se]c2ccccc2)cnc1[Si](C)(C)C(C)(C)C. The summed E-state index contributed by atoms with van der Waals surface area (Å²) >= 11 is -0.269. The van der Waals surface area contributed by atoms with Crippen molar-refractivity contribution in [2.75, 3.05) is 20.7 Å². The predicted molar refractivity (Wildman–Crippen MR) is 164 cm³/mol. The molecule has 0 aliphatic rings. The van der Waals surface area contributed by atoms with Crippen LogP contribution in [-0.4, -0.2) is 81.7 Å². The molecule has 1 aromatic heterocycles. The van der Waals surface area contributed by atoms with Gasteiger partial charge in [-0.1, -0.05) is 0 Å². The molecule has 0 saturated carbocycles. The average molecular weight is 653 g/mol. The summed E-state index contributed by atoms with van der Waals surface area (Å²) in [6, 6.07) is 19.5. The summed E-state index contributed by atoms with van der Waals surface area (Å²) in [4.78, 5) is 4.23. The molecule has 2 N–H and O–H groups in total. The van der Waals surface area contributed by atoms with Crippen LogP contribution in [0.1, 0.15) is 44.6 Å². The summed E-state index contributed by atoms with van der Waals surface area (Å²) in [5.41, 5.74) is 1.74. The summed E-state index contributed by atoms with van der Waals surface area (Å²) in [5.74, 6) is 0. The molecule has 0 aliphatic heterocycles. The van der Waals surface area contributed by atoms with Crippen LogP contribution in [0.4, 0.5) is 0 Å². The third-order valence-corrected chi connectivity index (χ3v) is 17.4. The molecule has 0 spiro atoms. The Bertz CT molecular complexity index is 1330. The topological polar surface area (TPSA) is 105 Å². The van der Waals surface area contributed by atoms with Crippen LogP contribution in [0.5, 0.6) is 0 Å². The molecule has 1 heterocycles. The third kappa shape index (κ3) is 7.71. The van der Waals surface area contributed by atoms with Gasteiger partial charge in [0.1, 0.15) is 0 Å². The van der Waals surface area contributed by atoms with Gasteiger partial charge in [-0.15, -0.1) is 0 Å². The van der Waals surface area contributed by atoms with Crippen LogP contribution in [0.3, 0.4) is 0 Å². The summed E-state index contributed by atoms with van der Waals surface area (Å²) in [5, 5.41) is 22.6. The van der Waals surface area contributed by atoms with Crippen LogP contribution in [0.25, 0.3) is 0 Å². The molecule has 0 saturated heterocycles. The van der Waals surface area contributed by atoms with E-state index in [1.807, 2.05) is 60.7 Å².